The smallest absolute Gasteiger partial charge is 0.462 e. The van der Waals surface area contributed by atoms with Crippen molar-refractivity contribution in [2.75, 3.05) is 13.2 Å². The number of phosphoric ester groups is 2. The second-order valence-corrected chi connectivity index (χ2v) is 19.4. The van der Waals surface area contributed by atoms with Crippen LogP contribution in [0, 0.1) is 0 Å². The van der Waals surface area contributed by atoms with Crippen molar-refractivity contribution in [2.24, 2.45) is 0 Å². The number of allylic oxidation sites excluding steroid dienone is 16. The van der Waals surface area contributed by atoms with Crippen molar-refractivity contribution in [3.8, 4) is 0 Å². The number of carbonyl (C=O) groups is 2. The lowest BCUT2D eigenvalue weighted by atomic mass is 9.85. The van der Waals surface area contributed by atoms with E-state index in [-0.39, 0.29) is 12.8 Å². The van der Waals surface area contributed by atoms with Crippen molar-refractivity contribution in [3.63, 3.8) is 0 Å². The molecule has 1 saturated heterocycles. The van der Waals surface area contributed by atoms with Gasteiger partial charge in [0.05, 0.1) is 18.8 Å². The van der Waals surface area contributed by atoms with Gasteiger partial charge in [-0.2, -0.15) is 0 Å². The highest BCUT2D eigenvalue weighted by Crippen LogP contribution is 2.49. The number of hydrogen-bond acceptors (Lipinski definition) is 14. The highest BCUT2D eigenvalue weighted by molar-refractivity contribution is 7.47. The van der Waals surface area contributed by atoms with Crippen molar-refractivity contribution in [2.45, 2.75) is 184 Å². The van der Waals surface area contributed by atoms with Crippen LogP contribution in [0.3, 0.4) is 0 Å². The Bertz CT molecular complexity index is 1830. The molecule has 0 aromatic heterocycles. The lowest BCUT2D eigenvalue weighted by Gasteiger charge is -2.43. The maximum Gasteiger partial charge on any atom is 0.472 e. The van der Waals surface area contributed by atoms with E-state index >= 15 is 0 Å². The van der Waals surface area contributed by atoms with Crippen LogP contribution < -0.4 is 0 Å². The molecule has 0 amide bonds. The van der Waals surface area contributed by atoms with Crippen LogP contribution in [0.5, 0.6) is 0 Å². The lowest BCUT2D eigenvalue weighted by Crippen LogP contribution is -2.64. The van der Waals surface area contributed by atoms with E-state index in [1.54, 1.807) is 0 Å². The van der Waals surface area contributed by atoms with Crippen LogP contribution in [0.25, 0.3) is 0 Å². The summed E-state index contributed by atoms with van der Waals surface area (Å²) < 4.78 is 55.0. The highest BCUT2D eigenvalue weighted by atomic mass is 31.2. The maximum atomic E-state index is 13.0. The van der Waals surface area contributed by atoms with E-state index in [1.165, 1.54) is 0 Å². The first-order valence-electron chi connectivity index (χ1n) is 24.6. The van der Waals surface area contributed by atoms with Gasteiger partial charge in [-0.3, -0.25) is 23.2 Å². The Labute approximate surface area is 414 Å². The fourth-order valence-electron chi connectivity index (χ4n) is 6.91. The second-order valence-electron chi connectivity index (χ2n) is 16.8. The number of hydrogen-bond donors (Lipinski definition) is 7. The van der Waals surface area contributed by atoms with Crippen LogP contribution in [0.1, 0.15) is 129 Å². The van der Waals surface area contributed by atoms with E-state index in [4.69, 9.17) is 23.3 Å². The van der Waals surface area contributed by atoms with Crippen molar-refractivity contribution in [3.05, 3.63) is 109 Å². The number of aliphatic hydroxyl groups excluding tert-OH is 4. The van der Waals surface area contributed by atoms with Gasteiger partial charge >= 0.3 is 27.6 Å². The van der Waals surface area contributed by atoms with E-state index in [0.29, 0.717) is 31.5 Å². The van der Waals surface area contributed by atoms with Gasteiger partial charge in [-0.1, -0.05) is 136 Å². The number of esters is 2. The molecule has 19 heteroatoms. The molecule has 1 aliphatic heterocycles. The minimum atomic E-state index is -5.38. The Kier molecular flexibility index (Phi) is 33.5. The molecule has 1 aliphatic carbocycles. The van der Waals surface area contributed by atoms with E-state index < -0.39 is 83.5 Å². The molecule has 0 bridgehead atoms. The maximum absolute atomic E-state index is 13.0. The summed E-state index contributed by atoms with van der Waals surface area (Å²) in [6.45, 7) is 2.78. The van der Waals surface area contributed by atoms with E-state index in [2.05, 4.69) is 103 Å². The summed E-state index contributed by atoms with van der Waals surface area (Å²) in [7, 11) is -10.7. The lowest BCUT2D eigenvalue weighted by molar-refractivity contribution is -0.216. The third-order valence-corrected chi connectivity index (χ3v) is 12.3. The Hall–Kier alpha value is -3.38. The molecule has 70 heavy (non-hydrogen) atoms. The van der Waals surface area contributed by atoms with Crippen LogP contribution in [0.4, 0.5) is 0 Å². The summed E-state index contributed by atoms with van der Waals surface area (Å²) in [4.78, 5) is 54.3. The van der Waals surface area contributed by atoms with E-state index in [0.717, 1.165) is 83.5 Å². The molecule has 0 radical (unpaired) electrons. The van der Waals surface area contributed by atoms with E-state index in [9.17, 15) is 53.8 Å². The number of epoxide rings is 1. The van der Waals surface area contributed by atoms with Gasteiger partial charge in [-0.15, -0.1) is 0 Å². The average molecular weight is 1030 g/mol. The Morgan fingerprint density at radius 3 is 1.51 bits per heavy atom. The third-order valence-electron chi connectivity index (χ3n) is 10.8. The predicted octanol–water partition coefficient (Wildman–Crippen LogP) is 8.71. The zero-order valence-electron chi connectivity index (χ0n) is 40.8. The van der Waals surface area contributed by atoms with Crippen LogP contribution in [0.2, 0.25) is 0 Å². The molecule has 0 aromatic rings. The first-order valence-corrected chi connectivity index (χ1v) is 27.6. The molecule has 7 N–H and O–H groups in total. The van der Waals surface area contributed by atoms with Gasteiger partial charge in [0, 0.05) is 12.8 Å². The van der Waals surface area contributed by atoms with E-state index in [1.807, 2.05) is 24.3 Å². The monoisotopic (exact) mass is 1030 g/mol. The van der Waals surface area contributed by atoms with Gasteiger partial charge < -0.3 is 49.3 Å². The number of ether oxygens (including phenoxy) is 3. The zero-order valence-corrected chi connectivity index (χ0v) is 42.6. The molecular formula is C51H80O17P2. The summed E-state index contributed by atoms with van der Waals surface area (Å²) in [6.07, 6.45) is 36.6. The predicted molar refractivity (Wildman–Crippen MR) is 268 cm³/mol. The molecule has 1 saturated carbocycles. The summed E-state index contributed by atoms with van der Waals surface area (Å²) in [5.41, 5.74) is 0. The Morgan fingerprint density at radius 1 is 0.514 bits per heavy atom. The minimum absolute atomic E-state index is 0.00906. The summed E-state index contributed by atoms with van der Waals surface area (Å²) in [6, 6.07) is 0. The fourth-order valence-corrected chi connectivity index (χ4v) is 8.45. The number of carbonyl (C=O) groups excluding carboxylic acids is 2. The first-order chi connectivity index (χ1) is 33.6. The van der Waals surface area contributed by atoms with Crippen molar-refractivity contribution in [1.82, 2.24) is 0 Å². The molecule has 0 aromatic carbocycles. The highest BCUT2D eigenvalue weighted by Gasteiger charge is 2.54. The number of rotatable bonds is 38. The topological polar surface area (TPSA) is 269 Å². The Morgan fingerprint density at radius 2 is 0.971 bits per heavy atom. The SMILES string of the molecule is CC/C=C\C/C=C\C/C=C\C/C=C\CCCCCCC(=O)O[C@H](COC(=O)CC/C=C\C/C=C\C/C=C\C/C=C\CC1OC1C/C=C\CC)COP(=O)(O)O[C@H]1C(O)C(O)C(O)[C@@H](OP(=O)(O)O)C1O. The molecule has 17 nitrogen and oxygen atoms in total. The van der Waals surface area contributed by atoms with Crippen LogP contribution in [0.15, 0.2) is 109 Å². The van der Waals surface area contributed by atoms with Crippen molar-refractivity contribution >= 4 is 27.6 Å². The molecule has 2 aliphatic rings. The quantitative estimate of drug-likeness (QED) is 0.0100. The normalized spacial score (nSPS) is 24.8. The third kappa shape index (κ3) is 30.5. The van der Waals surface area contributed by atoms with Gasteiger partial charge in [0.2, 0.25) is 0 Å². The molecule has 1 heterocycles. The van der Waals surface area contributed by atoms with Crippen molar-refractivity contribution < 1.29 is 81.6 Å². The minimum Gasteiger partial charge on any atom is -0.462 e. The summed E-state index contributed by atoms with van der Waals surface area (Å²) in [5, 5.41) is 41.3. The average Bonchev–Trinajstić information content (AvgIpc) is 4.07. The second kappa shape index (κ2) is 37.4. The molecule has 7 unspecified atom stereocenters. The largest absolute Gasteiger partial charge is 0.472 e. The van der Waals surface area contributed by atoms with Crippen LogP contribution in [-0.2, 0) is 46.5 Å². The molecule has 10 atom stereocenters. The molecule has 2 fully saturated rings. The van der Waals surface area contributed by atoms with Crippen LogP contribution in [-0.4, -0.2) is 115 Å². The fraction of sp³-hybridized carbons (Fsp3) is 0.608. The zero-order chi connectivity index (χ0) is 51.5. The number of unbranched alkanes of at least 4 members (excludes halogenated alkanes) is 4. The number of aliphatic hydroxyl groups is 4. The molecule has 2 rings (SSSR count). The van der Waals surface area contributed by atoms with Gasteiger partial charge in [0.25, 0.3) is 0 Å². The van der Waals surface area contributed by atoms with Crippen molar-refractivity contribution in [1.29, 1.82) is 0 Å². The number of phosphoric acid groups is 2. The van der Waals surface area contributed by atoms with Gasteiger partial charge in [-0.05, 0) is 89.9 Å². The standard InChI is InChI=1S/C51H80O17P2/c1-3-5-7-8-9-10-11-12-13-14-15-16-21-24-27-30-34-38-45(53)65-41(40-64-70(61,62)68-51-48(56)46(54)47(55)50(49(51)57)67-69(58,59)60)39-63-44(52)37-33-29-26-23-20-18-17-19-22-25-28-32-36-43-42(66-43)35-31-6-4-2/h5-7,9-10,12-13,15-16,18-20,22,26,28-29,31-32,41-43,46-51,54-57H,3-4,8,11,14,17,21,23-25,27,30,33-40H2,1-2H3,(H,61,62)(H2,58,59,60)/b7-5-,10-9-,13-12-,16-15-,20-18-,22-19-,29-26-,31-6-,32-28-/t41-,42?,43?,46?,47?,48?,49?,50-,51+/m1/s1. The molecule has 0 spiro atoms. The molecule has 396 valence electrons. The Balaban J connectivity index is 1.82. The van der Waals surface area contributed by atoms with Crippen LogP contribution >= 0.6 is 15.6 Å². The first kappa shape index (κ1) is 62.7. The van der Waals surface area contributed by atoms with Gasteiger partial charge in [0.1, 0.15) is 43.2 Å². The summed E-state index contributed by atoms with van der Waals surface area (Å²) in [5.74, 6) is -1.35. The van der Waals surface area contributed by atoms with Gasteiger partial charge in [0.15, 0.2) is 6.10 Å². The van der Waals surface area contributed by atoms with Gasteiger partial charge in [-0.25, -0.2) is 9.13 Å². The molecular weight excluding hydrogens is 946 g/mol. The summed E-state index contributed by atoms with van der Waals surface area (Å²) >= 11 is 0.